The van der Waals surface area contributed by atoms with E-state index < -0.39 is 23.9 Å². The maximum atomic E-state index is 10.8. The fourth-order valence-electron chi connectivity index (χ4n) is 7.73. The molecule has 0 aliphatic heterocycles. The number of aliphatic hydroxyl groups excluding tert-OH is 2. The highest BCUT2D eigenvalue weighted by Gasteiger charge is 2.50. The van der Waals surface area contributed by atoms with Gasteiger partial charge < -0.3 is 20.1 Å². The third-order valence-electron chi connectivity index (χ3n) is 9.69. The summed E-state index contributed by atoms with van der Waals surface area (Å²) in [4.78, 5) is 0. The lowest BCUT2D eigenvalue weighted by Crippen LogP contribution is -2.43. The minimum atomic E-state index is -0.686. The molecule has 0 saturated heterocycles. The van der Waals surface area contributed by atoms with Crippen molar-refractivity contribution in [2.75, 3.05) is 0 Å². The molecule has 3 saturated carbocycles. The number of hydrogen-bond acceptors (Lipinski definition) is 4. The Balaban J connectivity index is 1.36. The van der Waals surface area contributed by atoms with Gasteiger partial charge in [-0.3, -0.25) is 0 Å². The van der Waals surface area contributed by atoms with E-state index in [4.69, 9.17) is 4.74 Å². The van der Waals surface area contributed by atoms with Gasteiger partial charge in [0.05, 0.1) is 24.4 Å². The SMILES string of the molecule is C[C@H](CCCC(C)(C)O)[C@H]1CCC2/C(=C/C=C3CC(O)C(OCc4ccccc4)[C@H](O)C3)CCC[C@@]21C. The van der Waals surface area contributed by atoms with Gasteiger partial charge in [0.1, 0.15) is 6.10 Å². The monoisotopic (exact) mass is 510 g/mol. The van der Waals surface area contributed by atoms with Crippen LogP contribution in [0.3, 0.4) is 0 Å². The lowest BCUT2D eigenvalue weighted by atomic mass is 9.60. The van der Waals surface area contributed by atoms with Crippen molar-refractivity contribution in [1.29, 1.82) is 0 Å². The molecule has 0 amide bonds. The highest BCUT2D eigenvalue weighted by Crippen LogP contribution is 2.60. The van der Waals surface area contributed by atoms with Gasteiger partial charge in [-0.2, -0.15) is 0 Å². The number of aliphatic hydroxyl groups is 3. The van der Waals surface area contributed by atoms with Crippen LogP contribution in [-0.2, 0) is 11.3 Å². The first-order valence-corrected chi connectivity index (χ1v) is 14.7. The van der Waals surface area contributed by atoms with Gasteiger partial charge >= 0.3 is 0 Å². The lowest BCUT2D eigenvalue weighted by molar-refractivity contribution is -0.116. The Morgan fingerprint density at radius 1 is 1.08 bits per heavy atom. The molecule has 3 N–H and O–H groups in total. The van der Waals surface area contributed by atoms with Gasteiger partial charge in [-0.05, 0) is 93.9 Å². The van der Waals surface area contributed by atoms with Gasteiger partial charge in [0, 0.05) is 0 Å². The van der Waals surface area contributed by atoms with E-state index in [0.29, 0.717) is 36.7 Å². The van der Waals surface area contributed by atoms with Crippen LogP contribution in [0.1, 0.15) is 97.5 Å². The van der Waals surface area contributed by atoms with Crippen LogP contribution < -0.4 is 0 Å². The molecule has 0 spiro atoms. The third-order valence-corrected chi connectivity index (χ3v) is 9.69. The summed E-state index contributed by atoms with van der Waals surface area (Å²) in [6, 6.07) is 9.92. The predicted molar refractivity (Wildman–Crippen MR) is 150 cm³/mol. The van der Waals surface area contributed by atoms with Gasteiger partial charge in [0.2, 0.25) is 0 Å². The normalized spacial score (nSPS) is 35.6. The number of hydrogen-bond donors (Lipinski definition) is 3. The summed E-state index contributed by atoms with van der Waals surface area (Å²) >= 11 is 0. The van der Waals surface area contributed by atoms with Crippen LogP contribution in [0.5, 0.6) is 0 Å². The maximum absolute atomic E-state index is 10.8. The molecule has 3 fully saturated rings. The zero-order valence-electron chi connectivity index (χ0n) is 23.5. The average Bonchev–Trinajstić information content (AvgIpc) is 3.19. The summed E-state index contributed by atoms with van der Waals surface area (Å²) in [6.45, 7) is 9.20. The zero-order chi connectivity index (χ0) is 26.6. The number of benzene rings is 1. The molecular formula is C33H50O4. The van der Waals surface area contributed by atoms with Crippen molar-refractivity contribution in [3.8, 4) is 0 Å². The zero-order valence-corrected chi connectivity index (χ0v) is 23.5. The van der Waals surface area contributed by atoms with E-state index in [9.17, 15) is 15.3 Å². The van der Waals surface area contributed by atoms with Gasteiger partial charge in [0.25, 0.3) is 0 Å². The van der Waals surface area contributed by atoms with Crippen molar-refractivity contribution < 1.29 is 20.1 Å². The molecule has 206 valence electrons. The fourth-order valence-corrected chi connectivity index (χ4v) is 7.73. The average molecular weight is 511 g/mol. The van der Waals surface area contributed by atoms with Crippen molar-refractivity contribution >= 4 is 0 Å². The van der Waals surface area contributed by atoms with Crippen LogP contribution in [0, 0.1) is 23.2 Å². The minimum Gasteiger partial charge on any atom is -0.390 e. The largest absolute Gasteiger partial charge is 0.390 e. The first kappa shape index (κ1) is 28.5. The number of fused-ring (bicyclic) bond motifs is 1. The van der Waals surface area contributed by atoms with Gasteiger partial charge in [0.15, 0.2) is 0 Å². The molecule has 37 heavy (non-hydrogen) atoms. The summed E-state index contributed by atoms with van der Waals surface area (Å²) in [6.07, 6.45) is 13.2. The Morgan fingerprint density at radius 2 is 1.78 bits per heavy atom. The van der Waals surface area contributed by atoms with Crippen molar-refractivity contribution in [1.82, 2.24) is 0 Å². The standard InChI is InChI=1S/C33H50O4/c1-23(10-8-18-32(2,3)36)27-16-17-28-26(13-9-19-33(27,28)4)15-14-25-20-29(34)31(30(35)21-25)37-22-24-11-6-5-7-12-24/h5-7,11-12,14-15,23,27-31,34-36H,8-10,13,16-22H2,1-4H3/b25-14?,26-15+/t23-,27-,28?,29-,30?,31?,33-/m1/s1. The minimum absolute atomic E-state index is 0.360. The van der Waals surface area contributed by atoms with Crippen LogP contribution in [-0.4, -0.2) is 39.2 Å². The number of allylic oxidation sites excluding steroid dienone is 3. The molecule has 3 aliphatic rings. The molecule has 3 unspecified atom stereocenters. The topological polar surface area (TPSA) is 69.9 Å². The van der Waals surface area contributed by atoms with Crippen LogP contribution in [0.25, 0.3) is 0 Å². The number of rotatable bonds is 9. The summed E-state index contributed by atoms with van der Waals surface area (Å²) in [5, 5.41) is 31.6. The van der Waals surface area contributed by atoms with Gasteiger partial charge in [-0.25, -0.2) is 0 Å². The van der Waals surface area contributed by atoms with Gasteiger partial charge in [-0.1, -0.05) is 80.3 Å². The van der Waals surface area contributed by atoms with Crippen molar-refractivity contribution in [3.05, 3.63) is 59.2 Å². The Bertz CT molecular complexity index is 915. The number of ether oxygens (including phenoxy) is 1. The quantitative estimate of drug-likeness (QED) is 0.344. The van der Waals surface area contributed by atoms with Crippen LogP contribution in [0.4, 0.5) is 0 Å². The molecule has 1 aromatic rings. The molecular weight excluding hydrogens is 460 g/mol. The highest BCUT2D eigenvalue weighted by molar-refractivity contribution is 5.26. The highest BCUT2D eigenvalue weighted by atomic mass is 16.5. The summed E-state index contributed by atoms with van der Waals surface area (Å²) in [5.41, 5.74) is 3.53. The first-order chi connectivity index (χ1) is 17.6. The second kappa shape index (κ2) is 12.2. The Hall–Kier alpha value is -1.46. The lowest BCUT2D eigenvalue weighted by Gasteiger charge is -2.44. The van der Waals surface area contributed by atoms with E-state index in [1.54, 1.807) is 5.57 Å². The molecule has 1 aromatic carbocycles. The molecule has 7 atom stereocenters. The van der Waals surface area contributed by atoms with Crippen molar-refractivity contribution in [2.24, 2.45) is 23.2 Å². The van der Waals surface area contributed by atoms with E-state index in [-0.39, 0.29) is 0 Å². The smallest absolute Gasteiger partial charge is 0.110 e. The van der Waals surface area contributed by atoms with E-state index in [1.807, 2.05) is 44.2 Å². The summed E-state index contributed by atoms with van der Waals surface area (Å²) in [7, 11) is 0. The van der Waals surface area contributed by atoms with Gasteiger partial charge in [-0.15, -0.1) is 0 Å². The van der Waals surface area contributed by atoms with Crippen LogP contribution in [0.2, 0.25) is 0 Å². The molecule has 3 aliphatic carbocycles. The molecule has 0 aromatic heterocycles. The van der Waals surface area contributed by atoms with Crippen molar-refractivity contribution in [3.63, 3.8) is 0 Å². The third kappa shape index (κ3) is 7.15. The Morgan fingerprint density at radius 3 is 2.46 bits per heavy atom. The summed E-state index contributed by atoms with van der Waals surface area (Å²) in [5.74, 6) is 2.07. The second-order valence-electron chi connectivity index (χ2n) is 13.1. The predicted octanol–water partition coefficient (Wildman–Crippen LogP) is 6.73. The Labute approximate surface area is 224 Å². The summed E-state index contributed by atoms with van der Waals surface area (Å²) < 4.78 is 5.93. The van der Waals surface area contributed by atoms with E-state index >= 15 is 0 Å². The Kier molecular flexibility index (Phi) is 9.38. The molecule has 4 rings (SSSR count). The molecule has 4 heteroatoms. The maximum Gasteiger partial charge on any atom is 0.110 e. The second-order valence-corrected chi connectivity index (χ2v) is 13.1. The van der Waals surface area contributed by atoms with E-state index in [1.165, 1.54) is 32.1 Å². The van der Waals surface area contributed by atoms with Crippen LogP contribution in [0.15, 0.2) is 53.6 Å². The first-order valence-electron chi connectivity index (χ1n) is 14.7. The van der Waals surface area contributed by atoms with E-state index in [2.05, 4.69) is 26.0 Å². The molecule has 0 bridgehead atoms. The molecule has 0 radical (unpaired) electrons. The fraction of sp³-hybridized carbons (Fsp3) is 0.697. The molecule has 4 nitrogen and oxygen atoms in total. The molecule has 0 heterocycles. The van der Waals surface area contributed by atoms with Crippen molar-refractivity contribution in [2.45, 2.75) is 122 Å². The van der Waals surface area contributed by atoms with Crippen LogP contribution >= 0.6 is 0 Å². The van der Waals surface area contributed by atoms with E-state index in [0.717, 1.165) is 36.3 Å².